The zero-order valence-electron chi connectivity index (χ0n) is 17.6. The number of carbonyl (C=O) groups is 1. The van der Waals surface area contributed by atoms with Gasteiger partial charge in [0, 0.05) is 12.1 Å². The molecule has 7 heteroatoms. The average Bonchev–Trinajstić information content (AvgIpc) is 2.71. The largest absolute Gasteiger partial charge is 0.494 e. The predicted octanol–water partition coefficient (Wildman–Crippen LogP) is 4.48. The number of benzene rings is 2. The molecule has 0 saturated heterocycles. The number of nitrogens with one attached hydrogen (secondary N) is 2. The molecule has 0 fully saturated rings. The molecule has 0 aliphatic rings. The predicted molar refractivity (Wildman–Crippen MR) is 114 cm³/mol. The van der Waals surface area contributed by atoms with E-state index in [-0.39, 0.29) is 29.3 Å². The fraction of sp³-hybridized carbons (Fsp3) is 0.409. The number of aryl methyl sites for hydroxylation is 1. The molecule has 1 amide bonds. The smallest absolute Gasteiger partial charge is 0.273 e. The topological polar surface area (TPSA) is 93.5 Å². The Hall–Kier alpha value is -2.93. The Morgan fingerprint density at radius 3 is 2.31 bits per heavy atom. The van der Waals surface area contributed by atoms with Crippen LogP contribution in [-0.2, 0) is 11.2 Å². The highest BCUT2D eigenvalue weighted by Gasteiger charge is 2.23. The average molecular weight is 399 g/mol. The third-order valence-electron chi connectivity index (χ3n) is 4.89. The molecule has 2 aromatic carbocycles. The fourth-order valence-corrected chi connectivity index (χ4v) is 3.12. The molecular weight excluding hydrogens is 370 g/mol. The highest BCUT2D eigenvalue weighted by atomic mass is 16.6. The number of nitro groups is 1. The van der Waals surface area contributed by atoms with E-state index in [0.717, 1.165) is 12.0 Å². The van der Waals surface area contributed by atoms with Gasteiger partial charge < -0.3 is 10.1 Å². The van der Waals surface area contributed by atoms with Gasteiger partial charge >= 0.3 is 0 Å². The summed E-state index contributed by atoms with van der Waals surface area (Å²) in [5.41, 5.74) is 2.70. The highest BCUT2D eigenvalue weighted by Crippen LogP contribution is 2.29. The van der Waals surface area contributed by atoms with Gasteiger partial charge in [0.2, 0.25) is 5.91 Å². The lowest BCUT2D eigenvalue weighted by Gasteiger charge is -2.27. The van der Waals surface area contributed by atoms with E-state index >= 15 is 0 Å². The highest BCUT2D eigenvalue weighted by molar-refractivity contribution is 5.96. The molecule has 2 atom stereocenters. The number of anilines is 1. The maximum atomic E-state index is 12.7. The first-order valence-corrected chi connectivity index (χ1v) is 9.75. The van der Waals surface area contributed by atoms with Crippen molar-refractivity contribution in [1.82, 2.24) is 5.32 Å². The molecule has 29 heavy (non-hydrogen) atoms. The van der Waals surface area contributed by atoms with Gasteiger partial charge in [-0.15, -0.1) is 0 Å². The molecule has 0 aliphatic carbocycles. The minimum Gasteiger partial charge on any atom is -0.494 e. The van der Waals surface area contributed by atoms with Crippen LogP contribution in [0.15, 0.2) is 42.5 Å². The summed E-state index contributed by atoms with van der Waals surface area (Å²) in [6.45, 7) is 8.12. The van der Waals surface area contributed by atoms with E-state index in [2.05, 4.69) is 55.7 Å². The van der Waals surface area contributed by atoms with Crippen molar-refractivity contribution in [1.29, 1.82) is 0 Å². The van der Waals surface area contributed by atoms with E-state index in [1.165, 1.54) is 30.9 Å². The second kappa shape index (κ2) is 10.0. The molecule has 0 aliphatic heterocycles. The molecule has 0 bridgehead atoms. The van der Waals surface area contributed by atoms with Crippen molar-refractivity contribution >= 4 is 17.3 Å². The van der Waals surface area contributed by atoms with Crippen LogP contribution in [0.1, 0.15) is 44.9 Å². The number of hydrogen-bond donors (Lipinski definition) is 2. The van der Waals surface area contributed by atoms with Crippen LogP contribution in [0, 0.1) is 16.0 Å². The zero-order chi connectivity index (χ0) is 21.6. The van der Waals surface area contributed by atoms with Crippen LogP contribution in [0.3, 0.4) is 0 Å². The lowest BCUT2D eigenvalue weighted by atomic mass is 9.94. The number of carbonyl (C=O) groups excluding carboxylic acids is 1. The van der Waals surface area contributed by atoms with Crippen LogP contribution in [-0.4, -0.2) is 24.0 Å². The van der Waals surface area contributed by atoms with Gasteiger partial charge in [-0.2, -0.15) is 0 Å². The summed E-state index contributed by atoms with van der Waals surface area (Å²) in [4.78, 5) is 23.1. The standard InChI is InChI=1S/C22H29N3O4/c1-6-16-7-9-17(10-8-16)21(14(2)3)23-15(4)22(26)24-19-12-11-18(25(27)28)13-20(19)29-5/h7-15,21,23H,6H2,1-5H3,(H,24,26)/t15-,21-/m1/s1. The van der Waals surface area contributed by atoms with E-state index in [4.69, 9.17) is 4.74 Å². The van der Waals surface area contributed by atoms with Crippen molar-refractivity contribution in [3.63, 3.8) is 0 Å². The van der Waals surface area contributed by atoms with Gasteiger partial charge in [-0.25, -0.2) is 0 Å². The maximum Gasteiger partial charge on any atom is 0.273 e. The molecule has 0 saturated carbocycles. The van der Waals surface area contributed by atoms with Crippen molar-refractivity contribution in [2.24, 2.45) is 5.92 Å². The zero-order valence-corrected chi connectivity index (χ0v) is 17.6. The number of nitrogens with zero attached hydrogens (tertiary/aromatic N) is 1. The molecule has 156 valence electrons. The Kier molecular flexibility index (Phi) is 7.73. The molecule has 2 N–H and O–H groups in total. The number of amides is 1. The van der Waals surface area contributed by atoms with Gasteiger partial charge in [0.05, 0.1) is 29.8 Å². The first kappa shape index (κ1) is 22.4. The first-order chi connectivity index (χ1) is 13.8. The Labute approximate surface area is 171 Å². The Morgan fingerprint density at radius 1 is 1.14 bits per heavy atom. The van der Waals surface area contributed by atoms with Crippen molar-refractivity contribution in [2.75, 3.05) is 12.4 Å². The van der Waals surface area contributed by atoms with E-state index in [1.807, 2.05) is 0 Å². The number of nitro benzene ring substituents is 1. The lowest BCUT2D eigenvalue weighted by Crippen LogP contribution is -2.41. The Morgan fingerprint density at radius 2 is 1.79 bits per heavy atom. The van der Waals surface area contributed by atoms with Crippen molar-refractivity contribution < 1.29 is 14.5 Å². The number of rotatable bonds is 9. The molecule has 0 spiro atoms. The summed E-state index contributed by atoms with van der Waals surface area (Å²) in [5.74, 6) is 0.287. The molecule has 0 aromatic heterocycles. The summed E-state index contributed by atoms with van der Waals surface area (Å²) in [6.07, 6.45) is 0.982. The van der Waals surface area contributed by atoms with E-state index < -0.39 is 11.0 Å². The maximum absolute atomic E-state index is 12.7. The van der Waals surface area contributed by atoms with Gasteiger partial charge in [0.15, 0.2) is 0 Å². The van der Waals surface area contributed by atoms with Crippen LogP contribution in [0.4, 0.5) is 11.4 Å². The fourth-order valence-electron chi connectivity index (χ4n) is 3.12. The number of hydrogen-bond acceptors (Lipinski definition) is 5. The molecule has 2 aromatic rings. The molecule has 7 nitrogen and oxygen atoms in total. The third-order valence-corrected chi connectivity index (χ3v) is 4.89. The second-order valence-electron chi connectivity index (χ2n) is 7.34. The molecule has 2 rings (SSSR count). The number of non-ortho nitro benzene ring substituents is 1. The van der Waals surface area contributed by atoms with Crippen LogP contribution < -0.4 is 15.4 Å². The summed E-state index contributed by atoms with van der Waals surface area (Å²) < 4.78 is 5.19. The van der Waals surface area contributed by atoms with Gasteiger partial charge in [-0.05, 0) is 36.5 Å². The molecule has 0 heterocycles. The SMILES string of the molecule is CCc1ccc([C@H](N[C@H](C)C(=O)Nc2ccc([N+](=O)[O-])cc2OC)C(C)C)cc1. The minimum absolute atomic E-state index is 0.0143. The molecular formula is C22H29N3O4. The number of ether oxygens (including phenoxy) is 1. The third kappa shape index (κ3) is 5.77. The summed E-state index contributed by atoms with van der Waals surface area (Å²) in [7, 11) is 1.41. The molecule has 0 unspecified atom stereocenters. The Bertz CT molecular complexity index is 850. The normalized spacial score (nSPS) is 13.0. The van der Waals surface area contributed by atoms with Crippen LogP contribution in [0.5, 0.6) is 5.75 Å². The first-order valence-electron chi connectivity index (χ1n) is 9.75. The number of methoxy groups -OCH3 is 1. The van der Waals surface area contributed by atoms with Crippen molar-refractivity contribution in [2.45, 2.75) is 46.2 Å². The minimum atomic E-state index is -0.505. The van der Waals surface area contributed by atoms with Gasteiger partial charge in [-0.1, -0.05) is 45.0 Å². The Balaban J connectivity index is 2.12. The summed E-state index contributed by atoms with van der Waals surface area (Å²) in [5, 5.41) is 17.1. The van der Waals surface area contributed by atoms with E-state index in [1.54, 1.807) is 6.92 Å². The van der Waals surface area contributed by atoms with Gasteiger partial charge in [0.1, 0.15) is 5.75 Å². The van der Waals surface area contributed by atoms with Crippen molar-refractivity contribution in [3.05, 3.63) is 63.7 Å². The summed E-state index contributed by atoms with van der Waals surface area (Å²) in [6, 6.07) is 12.1. The van der Waals surface area contributed by atoms with E-state index in [0.29, 0.717) is 5.69 Å². The van der Waals surface area contributed by atoms with Crippen LogP contribution in [0.2, 0.25) is 0 Å². The molecule has 0 radical (unpaired) electrons. The van der Waals surface area contributed by atoms with Crippen molar-refractivity contribution in [3.8, 4) is 5.75 Å². The monoisotopic (exact) mass is 399 g/mol. The van der Waals surface area contributed by atoms with Gasteiger partial charge in [0.25, 0.3) is 5.69 Å². The van der Waals surface area contributed by atoms with Gasteiger partial charge in [-0.3, -0.25) is 20.2 Å². The summed E-state index contributed by atoms with van der Waals surface area (Å²) >= 11 is 0. The lowest BCUT2D eigenvalue weighted by molar-refractivity contribution is -0.384. The van der Waals surface area contributed by atoms with Crippen LogP contribution >= 0.6 is 0 Å². The quantitative estimate of drug-likeness (QED) is 0.479. The second-order valence-corrected chi connectivity index (χ2v) is 7.34. The van der Waals surface area contributed by atoms with Crippen LogP contribution in [0.25, 0.3) is 0 Å². The van der Waals surface area contributed by atoms with E-state index in [9.17, 15) is 14.9 Å².